The van der Waals surface area contributed by atoms with E-state index in [0.717, 1.165) is 16.5 Å². The Balaban J connectivity index is 1.78. The van der Waals surface area contributed by atoms with Crippen LogP contribution < -0.4 is 11.1 Å². The number of aromatic nitrogens is 1. The highest BCUT2D eigenvalue weighted by molar-refractivity contribution is 6.42. The summed E-state index contributed by atoms with van der Waals surface area (Å²) in [6.45, 7) is 0.334. The van der Waals surface area contributed by atoms with Crippen molar-refractivity contribution < 1.29 is 9.59 Å². The predicted molar refractivity (Wildman–Crippen MR) is 99.1 cm³/mol. The van der Waals surface area contributed by atoms with Gasteiger partial charge < -0.3 is 15.6 Å². The van der Waals surface area contributed by atoms with Gasteiger partial charge in [-0.25, -0.2) is 0 Å². The molecule has 0 unspecified atom stereocenters. The summed E-state index contributed by atoms with van der Waals surface area (Å²) in [4.78, 5) is 23.5. The van der Waals surface area contributed by atoms with Crippen molar-refractivity contribution in [3.05, 3.63) is 69.3 Å². The standard InChI is InChI=1S/C18H15Cl2N3O2/c1-23-15-8-14(20)13(19)6-12(15)7-16(23)18(25)22-9-10-2-4-11(5-3-10)17(21)24/h2-8H,9H2,1H3,(H2,21,24)(H,22,25). The molecule has 2 aromatic carbocycles. The van der Waals surface area contributed by atoms with Crippen molar-refractivity contribution in [3.63, 3.8) is 0 Å². The summed E-state index contributed by atoms with van der Waals surface area (Å²) >= 11 is 12.1. The van der Waals surface area contributed by atoms with Crippen molar-refractivity contribution in [1.29, 1.82) is 0 Å². The summed E-state index contributed by atoms with van der Waals surface area (Å²) in [5, 5.41) is 4.58. The van der Waals surface area contributed by atoms with Gasteiger partial charge in [-0.3, -0.25) is 9.59 Å². The lowest BCUT2D eigenvalue weighted by Gasteiger charge is -2.07. The first-order valence-corrected chi connectivity index (χ1v) is 8.24. The molecule has 0 saturated carbocycles. The fraction of sp³-hybridized carbons (Fsp3) is 0.111. The lowest BCUT2D eigenvalue weighted by molar-refractivity contribution is 0.0941. The molecule has 0 aliphatic carbocycles. The predicted octanol–water partition coefficient (Wildman–Crippen LogP) is 3.51. The monoisotopic (exact) mass is 375 g/mol. The molecule has 3 rings (SSSR count). The molecule has 0 aliphatic heterocycles. The molecule has 0 spiro atoms. The smallest absolute Gasteiger partial charge is 0.268 e. The van der Waals surface area contributed by atoms with Crippen LogP contribution in [0.2, 0.25) is 10.0 Å². The van der Waals surface area contributed by atoms with E-state index < -0.39 is 5.91 Å². The van der Waals surface area contributed by atoms with E-state index in [1.807, 2.05) is 0 Å². The average Bonchev–Trinajstić information content (AvgIpc) is 2.90. The number of halogens is 2. The van der Waals surface area contributed by atoms with Crippen LogP contribution in [0.25, 0.3) is 10.9 Å². The maximum Gasteiger partial charge on any atom is 0.268 e. The van der Waals surface area contributed by atoms with Crippen LogP contribution in [0.5, 0.6) is 0 Å². The number of hydrogen-bond donors (Lipinski definition) is 2. The van der Waals surface area contributed by atoms with Gasteiger partial charge in [0.1, 0.15) is 5.69 Å². The molecule has 1 heterocycles. The fourth-order valence-electron chi connectivity index (χ4n) is 2.61. The van der Waals surface area contributed by atoms with Gasteiger partial charge in [0.15, 0.2) is 0 Å². The highest BCUT2D eigenvalue weighted by atomic mass is 35.5. The van der Waals surface area contributed by atoms with E-state index in [1.54, 1.807) is 54.1 Å². The number of hydrogen-bond acceptors (Lipinski definition) is 2. The van der Waals surface area contributed by atoms with E-state index in [0.29, 0.717) is 27.8 Å². The largest absolute Gasteiger partial charge is 0.366 e. The number of nitrogens with one attached hydrogen (secondary N) is 1. The molecule has 0 radical (unpaired) electrons. The molecule has 3 N–H and O–H groups in total. The Morgan fingerprint density at radius 1 is 1.08 bits per heavy atom. The van der Waals surface area contributed by atoms with Crippen LogP contribution in [-0.4, -0.2) is 16.4 Å². The third kappa shape index (κ3) is 3.48. The molecule has 0 fully saturated rings. The molecule has 128 valence electrons. The number of aryl methyl sites for hydroxylation is 1. The Hall–Kier alpha value is -2.50. The summed E-state index contributed by atoms with van der Waals surface area (Å²) in [6, 6.07) is 12.0. The van der Waals surface area contributed by atoms with Gasteiger partial charge in [0.05, 0.1) is 10.0 Å². The van der Waals surface area contributed by atoms with Crippen LogP contribution in [0, 0.1) is 0 Å². The lowest BCUT2D eigenvalue weighted by atomic mass is 10.1. The molecule has 5 nitrogen and oxygen atoms in total. The number of nitrogens with two attached hydrogens (primary N) is 1. The molecule has 0 atom stereocenters. The van der Waals surface area contributed by atoms with Crippen molar-refractivity contribution in [2.24, 2.45) is 12.8 Å². The van der Waals surface area contributed by atoms with Crippen LogP contribution in [0.1, 0.15) is 26.4 Å². The van der Waals surface area contributed by atoms with Crippen molar-refractivity contribution in [1.82, 2.24) is 9.88 Å². The van der Waals surface area contributed by atoms with E-state index in [4.69, 9.17) is 28.9 Å². The summed E-state index contributed by atoms with van der Waals surface area (Å²) in [5.41, 5.74) is 7.83. The van der Waals surface area contributed by atoms with Gasteiger partial charge in [-0.1, -0.05) is 35.3 Å². The number of amides is 2. The maximum atomic E-state index is 12.5. The number of benzene rings is 2. The van der Waals surface area contributed by atoms with Crippen molar-refractivity contribution in [2.45, 2.75) is 6.54 Å². The Kier molecular flexibility index (Phi) is 4.70. The molecule has 0 saturated heterocycles. The number of carbonyl (C=O) groups is 2. The zero-order chi connectivity index (χ0) is 18.1. The van der Waals surface area contributed by atoms with Gasteiger partial charge in [0.2, 0.25) is 5.91 Å². The Bertz CT molecular complexity index is 978. The fourth-order valence-corrected chi connectivity index (χ4v) is 2.94. The van der Waals surface area contributed by atoms with E-state index in [-0.39, 0.29) is 5.91 Å². The van der Waals surface area contributed by atoms with Crippen molar-refractivity contribution >= 4 is 45.9 Å². The zero-order valence-corrected chi connectivity index (χ0v) is 14.9. The minimum atomic E-state index is -0.483. The second kappa shape index (κ2) is 6.78. The highest BCUT2D eigenvalue weighted by Crippen LogP contribution is 2.29. The summed E-state index contributed by atoms with van der Waals surface area (Å²) < 4.78 is 1.77. The second-order valence-electron chi connectivity index (χ2n) is 5.66. The van der Waals surface area contributed by atoms with Crippen LogP contribution in [-0.2, 0) is 13.6 Å². The molecular weight excluding hydrogens is 361 g/mol. The highest BCUT2D eigenvalue weighted by Gasteiger charge is 2.14. The molecule has 1 aromatic heterocycles. The zero-order valence-electron chi connectivity index (χ0n) is 13.3. The average molecular weight is 376 g/mol. The van der Waals surface area contributed by atoms with E-state index >= 15 is 0 Å². The van der Waals surface area contributed by atoms with Gasteiger partial charge >= 0.3 is 0 Å². The topological polar surface area (TPSA) is 77.1 Å². The number of fused-ring (bicyclic) bond motifs is 1. The third-order valence-corrected chi connectivity index (χ3v) is 4.73. The van der Waals surface area contributed by atoms with E-state index in [9.17, 15) is 9.59 Å². The molecule has 3 aromatic rings. The Labute approximate surface area is 154 Å². The van der Waals surface area contributed by atoms with E-state index in [1.165, 1.54) is 0 Å². The SMILES string of the molecule is Cn1c(C(=O)NCc2ccc(C(N)=O)cc2)cc2cc(Cl)c(Cl)cc21. The summed E-state index contributed by atoms with van der Waals surface area (Å²) in [6.07, 6.45) is 0. The molecule has 2 amide bonds. The third-order valence-electron chi connectivity index (χ3n) is 4.01. The van der Waals surface area contributed by atoms with Crippen LogP contribution in [0.3, 0.4) is 0 Å². The first kappa shape index (κ1) is 17.3. The maximum absolute atomic E-state index is 12.5. The van der Waals surface area contributed by atoms with Crippen LogP contribution >= 0.6 is 23.2 Å². The molecule has 7 heteroatoms. The first-order valence-electron chi connectivity index (χ1n) is 7.48. The van der Waals surface area contributed by atoms with Crippen molar-refractivity contribution in [2.75, 3.05) is 0 Å². The number of rotatable bonds is 4. The summed E-state index contributed by atoms with van der Waals surface area (Å²) in [7, 11) is 1.79. The number of primary amides is 1. The van der Waals surface area contributed by atoms with Gasteiger partial charge in [-0.15, -0.1) is 0 Å². The van der Waals surface area contributed by atoms with Crippen LogP contribution in [0.4, 0.5) is 0 Å². The quantitative estimate of drug-likeness (QED) is 0.731. The van der Waals surface area contributed by atoms with Gasteiger partial charge in [0.25, 0.3) is 5.91 Å². The minimum absolute atomic E-state index is 0.218. The molecule has 25 heavy (non-hydrogen) atoms. The van der Waals surface area contributed by atoms with Crippen LogP contribution in [0.15, 0.2) is 42.5 Å². The molecule has 0 bridgehead atoms. The first-order chi connectivity index (χ1) is 11.9. The lowest BCUT2D eigenvalue weighted by Crippen LogP contribution is -2.24. The normalized spacial score (nSPS) is 10.8. The molecular formula is C18H15Cl2N3O2. The number of nitrogens with zero attached hydrogens (tertiary/aromatic N) is 1. The van der Waals surface area contributed by atoms with Crippen molar-refractivity contribution in [3.8, 4) is 0 Å². The van der Waals surface area contributed by atoms with Gasteiger partial charge in [-0.2, -0.15) is 0 Å². The van der Waals surface area contributed by atoms with Gasteiger partial charge in [0, 0.05) is 30.1 Å². The van der Waals surface area contributed by atoms with E-state index in [2.05, 4.69) is 5.32 Å². The Morgan fingerprint density at radius 2 is 1.72 bits per heavy atom. The molecule has 0 aliphatic rings. The number of carbonyl (C=O) groups excluding carboxylic acids is 2. The minimum Gasteiger partial charge on any atom is -0.366 e. The Morgan fingerprint density at radius 3 is 2.36 bits per heavy atom. The second-order valence-corrected chi connectivity index (χ2v) is 6.47. The van der Waals surface area contributed by atoms with Gasteiger partial charge in [-0.05, 0) is 35.9 Å². The summed E-state index contributed by atoms with van der Waals surface area (Å²) in [5.74, 6) is -0.701.